The summed E-state index contributed by atoms with van der Waals surface area (Å²) in [6.07, 6.45) is 10.1. The molecule has 0 radical (unpaired) electrons. The molecule has 146 valence electrons. The first-order valence-corrected chi connectivity index (χ1v) is 9.22. The van der Waals surface area contributed by atoms with Gasteiger partial charge in [0.2, 0.25) is 0 Å². The molecular formula is C18H16ClN9O. The maximum absolute atomic E-state index is 13.3. The molecule has 0 bridgehead atoms. The van der Waals surface area contributed by atoms with Crippen LogP contribution in [0.1, 0.15) is 18.7 Å². The molecule has 0 fully saturated rings. The van der Waals surface area contributed by atoms with E-state index in [1.165, 1.54) is 6.33 Å². The molecule has 10 nitrogen and oxygen atoms in total. The van der Waals surface area contributed by atoms with Gasteiger partial charge in [-0.1, -0.05) is 11.6 Å². The zero-order valence-electron chi connectivity index (χ0n) is 15.5. The topological polar surface area (TPSA) is 111 Å². The lowest BCUT2D eigenvalue weighted by molar-refractivity contribution is 0.749. The van der Waals surface area contributed by atoms with E-state index in [0.717, 1.165) is 0 Å². The number of imidazole rings is 1. The van der Waals surface area contributed by atoms with Crippen molar-refractivity contribution in [3.63, 3.8) is 0 Å². The summed E-state index contributed by atoms with van der Waals surface area (Å²) >= 11 is 6.26. The molecule has 0 spiro atoms. The quantitative estimate of drug-likeness (QED) is 0.471. The molecule has 0 aliphatic heterocycles. The van der Waals surface area contributed by atoms with E-state index in [0.29, 0.717) is 38.9 Å². The number of aryl methyl sites for hydroxylation is 1. The molecule has 0 aliphatic rings. The van der Waals surface area contributed by atoms with Gasteiger partial charge < -0.3 is 14.7 Å². The van der Waals surface area contributed by atoms with E-state index in [4.69, 9.17) is 11.6 Å². The molecule has 0 saturated heterocycles. The van der Waals surface area contributed by atoms with Crippen molar-refractivity contribution in [2.24, 2.45) is 7.05 Å². The number of rotatable bonds is 4. The Balaban J connectivity index is 1.69. The highest BCUT2D eigenvalue weighted by Gasteiger charge is 2.20. The normalized spacial score (nSPS) is 12.7. The van der Waals surface area contributed by atoms with Gasteiger partial charge in [-0.2, -0.15) is 5.10 Å². The molecule has 5 rings (SSSR count). The summed E-state index contributed by atoms with van der Waals surface area (Å²) in [7, 11) is 1.80. The highest BCUT2D eigenvalue weighted by molar-refractivity contribution is 6.33. The van der Waals surface area contributed by atoms with E-state index < -0.39 is 0 Å². The minimum absolute atomic E-state index is 0.230. The van der Waals surface area contributed by atoms with Crippen molar-refractivity contribution in [1.29, 1.82) is 0 Å². The fraction of sp³-hybridized carbons (Fsp3) is 0.167. The molecule has 0 saturated carbocycles. The zero-order chi connectivity index (χ0) is 20.1. The molecule has 5 heterocycles. The fourth-order valence-corrected chi connectivity index (χ4v) is 3.65. The number of hydrogen-bond donors (Lipinski definition) is 2. The van der Waals surface area contributed by atoms with E-state index >= 15 is 0 Å². The summed E-state index contributed by atoms with van der Waals surface area (Å²) in [6, 6.07) is 1.41. The van der Waals surface area contributed by atoms with Crippen LogP contribution in [0.25, 0.3) is 22.4 Å². The molecule has 11 heteroatoms. The second-order valence-electron chi connectivity index (χ2n) is 6.67. The van der Waals surface area contributed by atoms with Crippen molar-refractivity contribution in [2.75, 3.05) is 5.32 Å². The summed E-state index contributed by atoms with van der Waals surface area (Å²) in [4.78, 5) is 29.0. The zero-order valence-corrected chi connectivity index (χ0v) is 16.3. The van der Waals surface area contributed by atoms with Crippen LogP contribution in [-0.4, -0.2) is 38.7 Å². The predicted molar refractivity (Wildman–Crippen MR) is 108 cm³/mol. The van der Waals surface area contributed by atoms with Gasteiger partial charge in [0, 0.05) is 25.6 Å². The first-order chi connectivity index (χ1) is 14.0. The molecule has 0 aromatic carbocycles. The van der Waals surface area contributed by atoms with Crippen molar-refractivity contribution in [2.45, 2.75) is 13.0 Å². The van der Waals surface area contributed by atoms with Crippen molar-refractivity contribution in [3.05, 3.63) is 64.6 Å². The standard InChI is InChI=1S/C18H16ClN9O/c1-10(25-17-14-16(21-8-20-14)22-9-23-17)13-7-27-4-3-12(19)15(27)18(29)28(13)11-5-24-26(2)6-11/h3-10H,1-2H3,(H2,20,21,22,23,25). The van der Waals surface area contributed by atoms with Crippen molar-refractivity contribution in [3.8, 4) is 5.69 Å². The number of aromatic amines is 1. The summed E-state index contributed by atoms with van der Waals surface area (Å²) in [5.41, 5.74) is 2.79. The second kappa shape index (κ2) is 6.45. The average Bonchev–Trinajstić information content (AvgIpc) is 3.42. The second-order valence-corrected chi connectivity index (χ2v) is 7.08. The Hall–Kier alpha value is -3.66. The molecule has 1 unspecified atom stereocenters. The fourth-order valence-electron chi connectivity index (χ4n) is 3.41. The molecule has 5 aromatic rings. The highest BCUT2D eigenvalue weighted by atomic mass is 35.5. The summed E-state index contributed by atoms with van der Waals surface area (Å²) < 4.78 is 4.98. The van der Waals surface area contributed by atoms with E-state index in [2.05, 4.69) is 30.4 Å². The van der Waals surface area contributed by atoms with E-state index in [1.54, 1.807) is 51.7 Å². The van der Waals surface area contributed by atoms with Gasteiger partial charge >= 0.3 is 0 Å². The lowest BCUT2D eigenvalue weighted by Crippen LogP contribution is -2.27. The van der Waals surface area contributed by atoms with Gasteiger partial charge in [-0.15, -0.1) is 0 Å². The minimum Gasteiger partial charge on any atom is -0.360 e. The van der Waals surface area contributed by atoms with Gasteiger partial charge in [0.25, 0.3) is 5.56 Å². The van der Waals surface area contributed by atoms with Crippen LogP contribution in [0.2, 0.25) is 5.02 Å². The minimum atomic E-state index is -0.289. The van der Waals surface area contributed by atoms with Crippen molar-refractivity contribution >= 4 is 34.1 Å². The number of hydrogen-bond acceptors (Lipinski definition) is 6. The van der Waals surface area contributed by atoms with Crippen LogP contribution >= 0.6 is 11.6 Å². The number of anilines is 1. The summed E-state index contributed by atoms with van der Waals surface area (Å²) in [6.45, 7) is 1.94. The number of nitrogens with one attached hydrogen (secondary N) is 2. The van der Waals surface area contributed by atoms with Crippen LogP contribution < -0.4 is 10.9 Å². The van der Waals surface area contributed by atoms with Gasteiger partial charge in [-0.25, -0.2) is 15.0 Å². The van der Waals surface area contributed by atoms with Crippen LogP contribution in [0.15, 0.2) is 48.3 Å². The largest absolute Gasteiger partial charge is 0.360 e. The lowest BCUT2D eigenvalue weighted by Gasteiger charge is -2.20. The first-order valence-electron chi connectivity index (χ1n) is 8.84. The third-order valence-electron chi connectivity index (χ3n) is 4.76. The highest BCUT2D eigenvalue weighted by Crippen LogP contribution is 2.25. The summed E-state index contributed by atoms with van der Waals surface area (Å²) in [5.74, 6) is 0.569. The SMILES string of the molecule is CC(Nc1ncnc2[nH]cnc12)c1cn2ccc(Cl)c2c(=O)n1-c1cnn(C)c1. The Labute approximate surface area is 168 Å². The smallest absolute Gasteiger partial charge is 0.281 e. The number of nitrogens with zero attached hydrogens (tertiary/aromatic N) is 7. The van der Waals surface area contributed by atoms with Crippen molar-refractivity contribution < 1.29 is 0 Å². The third kappa shape index (κ3) is 2.76. The molecule has 2 N–H and O–H groups in total. The molecule has 29 heavy (non-hydrogen) atoms. The van der Waals surface area contributed by atoms with Gasteiger partial charge in [-0.3, -0.25) is 14.0 Å². The van der Waals surface area contributed by atoms with Crippen LogP contribution in [0.3, 0.4) is 0 Å². The van der Waals surface area contributed by atoms with Crippen LogP contribution in [-0.2, 0) is 7.05 Å². The van der Waals surface area contributed by atoms with E-state index in [9.17, 15) is 4.79 Å². The number of H-pyrrole nitrogens is 1. The molecule has 5 aromatic heterocycles. The van der Waals surface area contributed by atoms with Gasteiger partial charge in [0.15, 0.2) is 11.5 Å². The molecule has 0 amide bonds. The molecule has 1 atom stereocenters. The first kappa shape index (κ1) is 17.4. The Kier molecular flexibility index (Phi) is 3.88. The summed E-state index contributed by atoms with van der Waals surface area (Å²) in [5, 5.41) is 7.94. The maximum Gasteiger partial charge on any atom is 0.281 e. The Morgan fingerprint density at radius 3 is 2.90 bits per heavy atom. The number of fused-ring (bicyclic) bond motifs is 2. The average molecular weight is 410 g/mol. The van der Waals surface area contributed by atoms with E-state index in [-0.39, 0.29) is 11.6 Å². The van der Waals surface area contributed by atoms with E-state index in [1.807, 2.05) is 13.1 Å². The van der Waals surface area contributed by atoms with Crippen LogP contribution in [0.5, 0.6) is 0 Å². The number of aromatic nitrogens is 8. The van der Waals surface area contributed by atoms with Gasteiger partial charge in [-0.05, 0) is 13.0 Å². The maximum atomic E-state index is 13.3. The predicted octanol–water partition coefficient (Wildman–Crippen LogP) is 2.32. The number of halogens is 1. The Morgan fingerprint density at radius 2 is 2.10 bits per heavy atom. The Morgan fingerprint density at radius 1 is 1.24 bits per heavy atom. The molecular weight excluding hydrogens is 394 g/mol. The van der Waals surface area contributed by atoms with Gasteiger partial charge in [0.05, 0.1) is 35.0 Å². The van der Waals surface area contributed by atoms with Gasteiger partial charge in [0.1, 0.15) is 17.4 Å². The van der Waals surface area contributed by atoms with Crippen molar-refractivity contribution in [1.82, 2.24) is 38.7 Å². The van der Waals surface area contributed by atoms with Crippen LogP contribution in [0.4, 0.5) is 5.82 Å². The molecule has 0 aliphatic carbocycles. The van der Waals surface area contributed by atoms with Crippen LogP contribution in [0, 0.1) is 0 Å². The monoisotopic (exact) mass is 409 g/mol. The third-order valence-corrected chi connectivity index (χ3v) is 5.07. The lowest BCUT2D eigenvalue weighted by atomic mass is 10.2. The Bertz CT molecular complexity index is 1410.